The first kappa shape index (κ1) is 15.5. The van der Waals surface area contributed by atoms with Crippen LogP contribution in [0, 0.1) is 6.92 Å². The molecule has 0 bridgehead atoms. The second kappa shape index (κ2) is 6.71. The van der Waals surface area contributed by atoms with E-state index >= 15 is 0 Å². The van der Waals surface area contributed by atoms with E-state index in [1.807, 2.05) is 6.92 Å². The highest BCUT2D eigenvalue weighted by atomic mass is 32.2. The lowest BCUT2D eigenvalue weighted by Gasteiger charge is -2.15. The molecule has 2 aromatic rings. The number of aromatic nitrogens is 4. The summed E-state index contributed by atoms with van der Waals surface area (Å²) in [5.41, 5.74) is 1.57. The van der Waals surface area contributed by atoms with Crippen LogP contribution in [0.4, 0.5) is 5.82 Å². The van der Waals surface area contributed by atoms with Gasteiger partial charge in [0.2, 0.25) is 0 Å². The number of aryl methyl sites for hydroxylation is 1. The standard InChI is InChI=1S/C14H19N5OS/c1-5-15-12-11(8(2)3)13(17-7-16-12)21-14-18-9(4)6-10(20)19-14/h6-8H,5H2,1-4H3,(H,15,16,17)(H,18,19,20). The molecule has 2 heterocycles. The zero-order valence-corrected chi connectivity index (χ0v) is 13.4. The van der Waals surface area contributed by atoms with Crippen molar-refractivity contribution in [3.05, 3.63) is 34.0 Å². The second-order valence-electron chi connectivity index (χ2n) is 4.92. The van der Waals surface area contributed by atoms with Crippen LogP contribution in [0.25, 0.3) is 0 Å². The molecule has 0 aromatic carbocycles. The smallest absolute Gasteiger partial charge is 0.251 e. The molecule has 2 aromatic heterocycles. The van der Waals surface area contributed by atoms with Crippen LogP contribution in [0.5, 0.6) is 0 Å². The summed E-state index contributed by atoms with van der Waals surface area (Å²) in [6, 6.07) is 1.47. The van der Waals surface area contributed by atoms with E-state index in [-0.39, 0.29) is 11.5 Å². The molecule has 0 amide bonds. The Hall–Kier alpha value is -1.89. The third-order valence-electron chi connectivity index (χ3n) is 2.81. The number of anilines is 1. The largest absolute Gasteiger partial charge is 0.370 e. The van der Waals surface area contributed by atoms with Crippen molar-refractivity contribution >= 4 is 17.6 Å². The van der Waals surface area contributed by atoms with E-state index in [1.54, 1.807) is 6.92 Å². The van der Waals surface area contributed by atoms with E-state index in [1.165, 1.54) is 24.2 Å². The lowest BCUT2D eigenvalue weighted by atomic mass is 10.1. The first-order chi connectivity index (χ1) is 10.0. The summed E-state index contributed by atoms with van der Waals surface area (Å²) in [5, 5.41) is 4.60. The summed E-state index contributed by atoms with van der Waals surface area (Å²) in [6.07, 6.45) is 1.53. The first-order valence-corrected chi connectivity index (χ1v) is 7.67. The van der Waals surface area contributed by atoms with Crippen molar-refractivity contribution in [1.29, 1.82) is 0 Å². The fourth-order valence-electron chi connectivity index (χ4n) is 1.98. The second-order valence-corrected chi connectivity index (χ2v) is 5.90. The van der Waals surface area contributed by atoms with E-state index in [2.05, 4.69) is 39.1 Å². The number of H-pyrrole nitrogens is 1. The molecule has 0 saturated carbocycles. The van der Waals surface area contributed by atoms with Gasteiger partial charge < -0.3 is 10.3 Å². The molecular weight excluding hydrogens is 286 g/mol. The van der Waals surface area contributed by atoms with Crippen molar-refractivity contribution in [2.24, 2.45) is 0 Å². The van der Waals surface area contributed by atoms with Crippen molar-refractivity contribution in [1.82, 2.24) is 19.9 Å². The zero-order valence-electron chi connectivity index (χ0n) is 12.6. The highest BCUT2D eigenvalue weighted by molar-refractivity contribution is 7.99. The predicted molar refractivity (Wildman–Crippen MR) is 84.0 cm³/mol. The fourth-order valence-corrected chi connectivity index (χ4v) is 3.05. The summed E-state index contributed by atoms with van der Waals surface area (Å²) < 4.78 is 0. The van der Waals surface area contributed by atoms with Gasteiger partial charge in [-0.1, -0.05) is 13.8 Å². The first-order valence-electron chi connectivity index (χ1n) is 6.85. The van der Waals surface area contributed by atoms with Gasteiger partial charge >= 0.3 is 0 Å². The van der Waals surface area contributed by atoms with E-state index < -0.39 is 0 Å². The van der Waals surface area contributed by atoms with Crippen molar-refractivity contribution in [3.8, 4) is 0 Å². The number of nitrogens with zero attached hydrogens (tertiary/aromatic N) is 3. The Bertz CT molecular complexity index is 683. The molecule has 0 saturated heterocycles. The molecule has 0 aliphatic rings. The van der Waals surface area contributed by atoms with Crippen LogP contribution < -0.4 is 10.9 Å². The fraction of sp³-hybridized carbons (Fsp3) is 0.429. The molecule has 0 aliphatic heterocycles. The van der Waals surface area contributed by atoms with Crippen LogP contribution in [0.15, 0.2) is 27.4 Å². The molecule has 0 aliphatic carbocycles. The minimum Gasteiger partial charge on any atom is -0.370 e. The third-order valence-corrected chi connectivity index (χ3v) is 3.72. The van der Waals surface area contributed by atoms with Crippen molar-refractivity contribution in [2.75, 3.05) is 11.9 Å². The van der Waals surface area contributed by atoms with Crippen LogP contribution >= 0.6 is 11.8 Å². The van der Waals surface area contributed by atoms with Gasteiger partial charge in [-0.3, -0.25) is 4.79 Å². The molecule has 0 radical (unpaired) electrons. The maximum absolute atomic E-state index is 11.5. The van der Waals surface area contributed by atoms with Crippen LogP contribution in [0.1, 0.15) is 37.9 Å². The van der Waals surface area contributed by atoms with E-state index in [9.17, 15) is 4.79 Å². The van der Waals surface area contributed by atoms with E-state index in [4.69, 9.17) is 0 Å². The molecule has 0 atom stereocenters. The van der Waals surface area contributed by atoms with Gasteiger partial charge in [-0.2, -0.15) is 0 Å². The van der Waals surface area contributed by atoms with E-state index in [0.29, 0.717) is 10.9 Å². The minimum atomic E-state index is -0.156. The van der Waals surface area contributed by atoms with Crippen LogP contribution in [-0.2, 0) is 0 Å². The number of nitrogens with one attached hydrogen (secondary N) is 2. The Morgan fingerprint density at radius 2 is 2.14 bits per heavy atom. The van der Waals surface area contributed by atoms with Crippen molar-refractivity contribution in [2.45, 2.75) is 43.8 Å². The van der Waals surface area contributed by atoms with Gasteiger partial charge in [0.25, 0.3) is 5.56 Å². The Kier molecular flexibility index (Phi) is 4.95. The summed E-state index contributed by atoms with van der Waals surface area (Å²) in [4.78, 5) is 27.2. The Labute approximate surface area is 127 Å². The maximum Gasteiger partial charge on any atom is 0.251 e. The van der Waals surface area contributed by atoms with Gasteiger partial charge in [-0.15, -0.1) is 0 Å². The SMILES string of the molecule is CCNc1ncnc(Sc2nc(C)cc(=O)[nH]2)c1C(C)C. The van der Waals surface area contributed by atoms with Gasteiger partial charge in [0, 0.05) is 23.9 Å². The average molecular weight is 305 g/mol. The lowest BCUT2D eigenvalue weighted by Crippen LogP contribution is -2.10. The van der Waals surface area contributed by atoms with Crippen LogP contribution in [-0.4, -0.2) is 26.5 Å². The van der Waals surface area contributed by atoms with Gasteiger partial charge in [0.05, 0.1) is 0 Å². The highest BCUT2D eigenvalue weighted by Gasteiger charge is 2.16. The van der Waals surface area contributed by atoms with Crippen LogP contribution in [0.3, 0.4) is 0 Å². The van der Waals surface area contributed by atoms with Crippen LogP contribution in [0.2, 0.25) is 0 Å². The maximum atomic E-state index is 11.5. The van der Waals surface area contributed by atoms with Gasteiger partial charge in [-0.25, -0.2) is 15.0 Å². The topological polar surface area (TPSA) is 83.6 Å². The molecule has 6 nitrogen and oxygen atoms in total. The molecular formula is C14H19N5OS. The van der Waals surface area contributed by atoms with Gasteiger partial charge in [-0.05, 0) is 31.5 Å². The Morgan fingerprint density at radius 1 is 1.38 bits per heavy atom. The quantitative estimate of drug-likeness (QED) is 0.652. The number of hydrogen-bond acceptors (Lipinski definition) is 6. The van der Waals surface area contributed by atoms with Gasteiger partial charge in [0.15, 0.2) is 5.16 Å². The van der Waals surface area contributed by atoms with Crippen molar-refractivity contribution < 1.29 is 0 Å². The minimum absolute atomic E-state index is 0.156. The summed E-state index contributed by atoms with van der Waals surface area (Å²) in [7, 11) is 0. The molecule has 0 unspecified atom stereocenters. The van der Waals surface area contributed by atoms with Gasteiger partial charge in [0.1, 0.15) is 17.2 Å². The molecule has 21 heavy (non-hydrogen) atoms. The molecule has 2 N–H and O–H groups in total. The summed E-state index contributed by atoms with van der Waals surface area (Å²) >= 11 is 1.35. The molecule has 0 spiro atoms. The number of hydrogen-bond donors (Lipinski definition) is 2. The van der Waals surface area contributed by atoms with Crippen molar-refractivity contribution in [3.63, 3.8) is 0 Å². The Morgan fingerprint density at radius 3 is 2.76 bits per heavy atom. The third kappa shape index (κ3) is 3.81. The average Bonchev–Trinajstić information content (AvgIpc) is 2.37. The number of aromatic amines is 1. The molecule has 7 heteroatoms. The highest BCUT2D eigenvalue weighted by Crippen LogP contribution is 2.33. The molecule has 2 rings (SSSR count). The normalized spacial score (nSPS) is 10.9. The molecule has 0 fully saturated rings. The monoisotopic (exact) mass is 305 g/mol. The predicted octanol–water partition coefficient (Wildman–Crippen LogP) is 2.57. The Balaban J connectivity index is 2.43. The zero-order chi connectivity index (χ0) is 15.4. The lowest BCUT2D eigenvalue weighted by molar-refractivity contribution is 0.800. The van der Waals surface area contributed by atoms with E-state index in [0.717, 1.165) is 23.0 Å². The summed E-state index contributed by atoms with van der Waals surface area (Å²) in [5.74, 6) is 1.10. The summed E-state index contributed by atoms with van der Waals surface area (Å²) in [6.45, 7) is 8.80. The number of rotatable bonds is 5. The molecule has 112 valence electrons.